The molecule has 1 atom stereocenters. The Balaban J connectivity index is 3.40. The molecule has 0 aliphatic carbocycles. The fourth-order valence-corrected chi connectivity index (χ4v) is 7.37. The molecule has 0 fully saturated rings. The Kier molecular flexibility index (Phi) is 6.08. The summed E-state index contributed by atoms with van der Waals surface area (Å²) in [5.41, 5.74) is 0. The van der Waals surface area contributed by atoms with Crippen LogP contribution in [-0.2, 0) is 4.12 Å². The van der Waals surface area contributed by atoms with Crippen LogP contribution in [0.15, 0.2) is 0 Å². The van der Waals surface area contributed by atoms with Gasteiger partial charge in [0.1, 0.15) is 0 Å². The van der Waals surface area contributed by atoms with Gasteiger partial charge in [-0.05, 0) is 38.7 Å². The van der Waals surface area contributed by atoms with Crippen molar-refractivity contribution < 1.29 is 9.22 Å². The number of hydrogen-bond acceptors (Lipinski definition) is 2. The Morgan fingerprint density at radius 3 is 2.25 bits per heavy atom. The van der Waals surface area contributed by atoms with Crippen molar-refractivity contribution >= 4 is 17.4 Å². The number of aliphatic hydroxyl groups is 1. The minimum Gasteiger partial charge on any atom is -0.458 e. The van der Waals surface area contributed by atoms with E-state index in [1.807, 2.05) is 0 Å². The molecule has 2 nitrogen and oxygen atoms in total. The summed E-state index contributed by atoms with van der Waals surface area (Å²) in [5, 5.41) is 8.60. The van der Waals surface area contributed by atoms with Crippen molar-refractivity contribution in [3.8, 4) is 0 Å². The molecule has 0 heterocycles. The van der Waals surface area contributed by atoms with Crippen molar-refractivity contribution in [1.29, 1.82) is 0 Å². The normalized spacial score (nSPS) is 14.8. The van der Waals surface area contributed by atoms with Crippen LogP contribution in [0.2, 0.25) is 32.2 Å². The molecule has 0 spiro atoms. The predicted molar refractivity (Wildman–Crippen MR) is 58.6 cm³/mol. The lowest BCUT2D eigenvalue weighted by molar-refractivity contribution is 0.286. The first-order valence-corrected chi connectivity index (χ1v) is 10.6. The molecule has 0 aliphatic heterocycles. The van der Waals surface area contributed by atoms with E-state index < -0.39 is 17.4 Å². The van der Waals surface area contributed by atoms with Gasteiger partial charge in [-0.25, -0.2) is 0 Å². The molecule has 0 amide bonds. The molecule has 0 rings (SSSR count). The zero-order valence-corrected chi connectivity index (χ0v) is 10.9. The number of aliphatic hydroxyl groups excluding tert-OH is 1. The largest absolute Gasteiger partial charge is 0.458 e. The van der Waals surface area contributed by atoms with E-state index in [0.29, 0.717) is 6.61 Å². The van der Waals surface area contributed by atoms with Gasteiger partial charge in [0.25, 0.3) is 0 Å². The van der Waals surface area contributed by atoms with Gasteiger partial charge >= 0.3 is 0 Å². The molecule has 0 aromatic carbocycles. The fraction of sp³-hybridized carbons (Fsp3) is 1.00. The third-order valence-electron chi connectivity index (χ3n) is 1.57. The molecule has 1 N–H and O–H groups in total. The molecule has 0 aromatic heterocycles. The molecule has 12 heavy (non-hydrogen) atoms. The lowest BCUT2D eigenvalue weighted by atomic mass is 10.4. The maximum Gasteiger partial charge on any atom is 0.170 e. The summed E-state index contributed by atoms with van der Waals surface area (Å²) >= 11 is 0. The van der Waals surface area contributed by atoms with E-state index >= 15 is 0 Å². The van der Waals surface area contributed by atoms with Crippen LogP contribution in [0.3, 0.4) is 0 Å². The molecule has 0 aromatic rings. The summed E-state index contributed by atoms with van der Waals surface area (Å²) in [5.74, 6) is 0. The summed E-state index contributed by atoms with van der Waals surface area (Å²) in [6, 6.07) is 1.21. The summed E-state index contributed by atoms with van der Waals surface area (Å²) in [6.07, 6.45) is 2.07. The lowest BCUT2D eigenvalue weighted by Gasteiger charge is -2.22. The van der Waals surface area contributed by atoms with E-state index in [-0.39, 0.29) is 0 Å². The monoisotopic (exact) mass is 206 g/mol. The highest BCUT2D eigenvalue weighted by Crippen LogP contribution is 2.10. The maximum absolute atomic E-state index is 8.60. The number of unbranched alkanes of at least 4 members (excludes halogenated alkanes) is 1. The number of hydrogen-bond donors (Lipinski definition) is 1. The third kappa shape index (κ3) is 8.45. The number of rotatable bonds is 6. The molecule has 1 unspecified atom stereocenters. The highest BCUT2D eigenvalue weighted by Gasteiger charge is 2.17. The summed E-state index contributed by atoms with van der Waals surface area (Å²) in [4.78, 5) is 0. The maximum atomic E-state index is 8.60. The molecular weight excluding hydrogens is 184 g/mol. The lowest BCUT2D eigenvalue weighted by Crippen LogP contribution is -2.32. The molecule has 0 aliphatic rings. The van der Waals surface area contributed by atoms with E-state index in [1.165, 1.54) is 6.04 Å². The first-order chi connectivity index (χ1) is 5.45. The van der Waals surface area contributed by atoms with Gasteiger partial charge in [0, 0.05) is 6.61 Å². The van der Waals surface area contributed by atoms with E-state index in [1.54, 1.807) is 0 Å². The molecule has 0 radical (unpaired) electrons. The van der Waals surface area contributed by atoms with Gasteiger partial charge in [-0.15, -0.1) is 0 Å². The first-order valence-electron chi connectivity index (χ1n) is 4.74. The van der Waals surface area contributed by atoms with Crippen LogP contribution in [0.4, 0.5) is 0 Å². The van der Waals surface area contributed by atoms with Crippen molar-refractivity contribution in [3.05, 3.63) is 0 Å². The minimum absolute atomic E-state index is 0.327. The fourth-order valence-electron chi connectivity index (χ4n) is 1.21. The average Bonchev–Trinajstić information content (AvgIpc) is 1.84. The van der Waals surface area contributed by atoms with Crippen LogP contribution < -0.4 is 0 Å². The van der Waals surface area contributed by atoms with Crippen molar-refractivity contribution in [2.24, 2.45) is 0 Å². The second kappa shape index (κ2) is 5.91. The van der Waals surface area contributed by atoms with Gasteiger partial charge in [0.15, 0.2) is 17.4 Å². The topological polar surface area (TPSA) is 29.5 Å². The van der Waals surface area contributed by atoms with Gasteiger partial charge in [-0.1, -0.05) is 6.42 Å². The summed E-state index contributed by atoms with van der Waals surface area (Å²) < 4.78 is 5.98. The van der Waals surface area contributed by atoms with Crippen molar-refractivity contribution in [3.63, 3.8) is 0 Å². The minimum atomic E-state index is -1.28. The Bertz CT molecular complexity index is 112. The van der Waals surface area contributed by atoms with Crippen molar-refractivity contribution in [2.45, 2.75) is 45.1 Å². The molecule has 0 saturated heterocycles. The first kappa shape index (κ1) is 12.4. The van der Waals surface area contributed by atoms with Gasteiger partial charge in [-0.3, -0.25) is 0 Å². The molecule has 0 saturated carbocycles. The van der Waals surface area contributed by atoms with E-state index in [4.69, 9.17) is 9.22 Å². The van der Waals surface area contributed by atoms with Crippen LogP contribution in [-0.4, -0.2) is 29.1 Å². The van der Waals surface area contributed by atoms with Crippen molar-refractivity contribution in [1.82, 2.24) is 0 Å². The van der Waals surface area contributed by atoms with E-state index in [9.17, 15) is 0 Å². The van der Waals surface area contributed by atoms with Crippen LogP contribution >= 0.6 is 0 Å². The summed E-state index contributed by atoms with van der Waals surface area (Å²) in [7, 11) is -2.19. The van der Waals surface area contributed by atoms with E-state index in [2.05, 4.69) is 26.2 Å². The smallest absolute Gasteiger partial charge is 0.170 e. The van der Waals surface area contributed by atoms with Crippen LogP contribution in [0, 0.1) is 0 Å². The van der Waals surface area contributed by atoms with Gasteiger partial charge in [-0.2, -0.15) is 0 Å². The average molecular weight is 206 g/mol. The molecular formula is C8H22O2Si2. The predicted octanol–water partition coefficient (Wildman–Crippen LogP) is 1.96. The van der Waals surface area contributed by atoms with Crippen LogP contribution in [0.1, 0.15) is 12.8 Å². The molecule has 0 bridgehead atoms. The van der Waals surface area contributed by atoms with E-state index in [0.717, 1.165) is 12.8 Å². The quantitative estimate of drug-likeness (QED) is 0.532. The standard InChI is InChI=1S/C8H22O2Si2/c1-11(8-6-5-7-9)10-12(2,3)4/h9,11H,5-8H2,1-4H3. The van der Waals surface area contributed by atoms with Crippen molar-refractivity contribution in [2.75, 3.05) is 6.61 Å². The second-order valence-corrected chi connectivity index (χ2v) is 11.6. The van der Waals surface area contributed by atoms with Gasteiger partial charge < -0.3 is 9.22 Å². The summed E-state index contributed by atoms with van der Waals surface area (Å²) in [6.45, 7) is 9.30. The molecule has 4 heteroatoms. The zero-order valence-electron chi connectivity index (χ0n) is 8.76. The Morgan fingerprint density at radius 1 is 1.25 bits per heavy atom. The zero-order chi connectivity index (χ0) is 9.61. The molecule has 74 valence electrons. The highest BCUT2D eigenvalue weighted by atomic mass is 28.4. The third-order valence-corrected chi connectivity index (χ3v) is 7.23. The van der Waals surface area contributed by atoms with Gasteiger partial charge in [0.2, 0.25) is 0 Å². The van der Waals surface area contributed by atoms with Gasteiger partial charge in [0.05, 0.1) is 0 Å². The van der Waals surface area contributed by atoms with Crippen LogP contribution in [0.25, 0.3) is 0 Å². The van der Waals surface area contributed by atoms with Crippen LogP contribution in [0.5, 0.6) is 0 Å². The second-order valence-electron chi connectivity index (χ2n) is 4.26. The SMILES string of the molecule is C[SiH](CCCCO)O[Si](C)(C)C. The Labute approximate surface area is 78.8 Å². The Morgan fingerprint density at radius 2 is 1.83 bits per heavy atom. The Hall–Kier alpha value is 0.354. The highest BCUT2D eigenvalue weighted by molar-refractivity contribution is 6.77.